The first-order valence-corrected chi connectivity index (χ1v) is 7.53. The molecule has 0 unspecified atom stereocenters. The Morgan fingerprint density at radius 2 is 1.96 bits per heavy atom. The summed E-state index contributed by atoms with van der Waals surface area (Å²) in [5, 5.41) is 22.3. The minimum absolute atomic E-state index is 0.0160. The number of hydrogen-bond acceptors (Lipinski definition) is 4. The van der Waals surface area contributed by atoms with E-state index in [-0.39, 0.29) is 18.7 Å². The molecule has 0 amide bonds. The Morgan fingerprint density at radius 1 is 1.17 bits per heavy atom. The normalized spacial score (nSPS) is 12.5. The number of para-hydroxylation sites is 2. The molecule has 0 aliphatic rings. The van der Waals surface area contributed by atoms with Crippen molar-refractivity contribution in [2.24, 2.45) is 0 Å². The fraction of sp³-hybridized carbons (Fsp3) is 0.235. The summed E-state index contributed by atoms with van der Waals surface area (Å²) in [6.45, 7) is 0.263. The van der Waals surface area contributed by atoms with Gasteiger partial charge in [-0.1, -0.05) is 18.2 Å². The van der Waals surface area contributed by atoms with Crippen LogP contribution in [0.5, 0.6) is 0 Å². The summed E-state index contributed by atoms with van der Waals surface area (Å²) in [6, 6.07) is 10.4. The lowest BCUT2D eigenvalue weighted by atomic mass is 10.1. The molecule has 3 aromatic rings. The van der Waals surface area contributed by atoms with Gasteiger partial charge >= 0.3 is 0 Å². The number of aliphatic hydroxyl groups is 2. The summed E-state index contributed by atoms with van der Waals surface area (Å²) in [5.41, 5.74) is 1.49. The standard InChI is InChI=1S/C17H17F2N3O2/c18-11-5-6-12(13(19)9-11)16(24)10-22-15-4-2-1-3-14(15)21-17(22)20-7-8-23/h1-6,9,16,23-24H,7-8,10H2,(H,20,21)/t16-/m1/s1. The first-order valence-electron chi connectivity index (χ1n) is 7.53. The van der Waals surface area contributed by atoms with Crippen LogP contribution in [-0.2, 0) is 6.54 Å². The zero-order valence-corrected chi connectivity index (χ0v) is 12.8. The number of imidazole rings is 1. The first-order chi connectivity index (χ1) is 11.6. The van der Waals surface area contributed by atoms with Gasteiger partial charge in [0.2, 0.25) is 5.95 Å². The number of nitrogens with zero attached hydrogens (tertiary/aromatic N) is 2. The fourth-order valence-corrected chi connectivity index (χ4v) is 2.61. The maximum absolute atomic E-state index is 13.9. The lowest BCUT2D eigenvalue weighted by Crippen LogP contribution is -2.15. The Morgan fingerprint density at radius 3 is 2.71 bits per heavy atom. The van der Waals surface area contributed by atoms with Crippen LogP contribution in [0.15, 0.2) is 42.5 Å². The lowest BCUT2D eigenvalue weighted by molar-refractivity contribution is 0.154. The molecule has 3 rings (SSSR count). The van der Waals surface area contributed by atoms with Crippen molar-refractivity contribution in [2.45, 2.75) is 12.6 Å². The molecular weight excluding hydrogens is 316 g/mol. The number of benzene rings is 2. The fourth-order valence-electron chi connectivity index (χ4n) is 2.61. The number of halogens is 2. The SMILES string of the molecule is OCCNc1nc2ccccc2n1C[C@@H](O)c1ccc(F)cc1F. The van der Waals surface area contributed by atoms with Crippen LogP contribution in [0.3, 0.4) is 0 Å². The van der Waals surface area contributed by atoms with Crippen molar-refractivity contribution in [3.63, 3.8) is 0 Å². The summed E-state index contributed by atoms with van der Waals surface area (Å²) in [7, 11) is 0. The van der Waals surface area contributed by atoms with E-state index in [1.165, 1.54) is 6.07 Å². The molecule has 0 spiro atoms. The largest absolute Gasteiger partial charge is 0.395 e. The second-order valence-electron chi connectivity index (χ2n) is 5.37. The molecule has 0 saturated carbocycles. The predicted octanol–water partition coefficient (Wildman–Crippen LogP) is 2.45. The van der Waals surface area contributed by atoms with E-state index in [1.807, 2.05) is 24.3 Å². The molecule has 1 aromatic heterocycles. The summed E-state index contributed by atoms with van der Waals surface area (Å²) in [4.78, 5) is 4.41. The first kappa shape index (κ1) is 16.4. The zero-order valence-electron chi connectivity index (χ0n) is 12.8. The molecule has 126 valence electrons. The van der Waals surface area contributed by atoms with E-state index in [1.54, 1.807) is 4.57 Å². The smallest absolute Gasteiger partial charge is 0.204 e. The van der Waals surface area contributed by atoms with Crippen molar-refractivity contribution >= 4 is 17.0 Å². The molecule has 1 atom stereocenters. The molecule has 5 nitrogen and oxygen atoms in total. The van der Waals surface area contributed by atoms with Gasteiger partial charge in [-0.15, -0.1) is 0 Å². The van der Waals surface area contributed by atoms with Crippen LogP contribution in [0, 0.1) is 11.6 Å². The third-order valence-electron chi connectivity index (χ3n) is 3.73. The molecule has 0 saturated heterocycles. The van der Waals surface area contributed by atoms with Crippen molar-refractivity contribution in [2.75, 3.05) is 18.5 Å². The van der Waals surface area contributed by atoms with Crippen LogP contribution in [0.25, 0.3) is 11.0 Å². The summed E-state index contributed by atoms with van der Waals surface area (Å²) < 4.78 is 28.6. The molecule has 7 heteroatoms. The predicted molar refractivity (Wildman–Crippen MR) is 86.6 cm³/mol. The van der Waals surface area contributed by atoms with E-state index in [4.69, 9.17) is 5.11 Å². The highest BCUT2D eigenvalue weighted by molar-refractivity contribution is 5.78. The molecule has 0 radical (unpaired) electrons. The van der Waals surface area contributed by atoms with Crippen molar-refractivity contribution in [3.8, 4) is 0 Å². The van der Waals surface area contributed by atoms with Crippen LogP contribution in [-0.4, -0.2) is 32.9 Å². The third-order valence-corrected chi connectivity index (χ3v) is 3.73. The molecular formula is C17H17F2N3O2. The minimum Gasteiger partial charge on any atom is -0.395 e. The lowest BCUT2D eigenvalue weighted by Gasteiger charge is -2.16. The molecule has 0 aliphatic heterocycles. The van der Waals surface area contributed by atoms with E-state index in [9.17, 15) is 13.9 Å². The number of anilines is 1. The number of nitrogens with one attached hydrogen (secondary N) is 1. The summed E-state index contributed by atoms with van der Waals surface area (Å²) >= 11 is 0. The van der Waals surface area contributed by atoms with Crippen molar-refractivity contribution in [1.29, 1.82) is 0 Å². The van der Waals surface area contributed by atoms with Gasteiger partial charge in [0, 0.05) is 18.2 Å². The Kier molecular flexibility index (Phi) is 4.73. The molecule has 24 heavy (non-hydrogen) atoms. The van der Waals surface area contributed by atoms with E-state index in [2.05, 4.69) is 10.3 Å². The number of aromatic nitrogens is 2. The molecule has 3 N–H and O–H groups in total. The summed E-state index contributed by atoms with van der Waals surface area (Å²) in [5.74, 6) is -1.02. The second kappa shape index (κ2) is 6.94. The summed E-state index contributed by atoms with van der Waals surface area (Å²) in [6.07, 6.45) is -1.17. The van der Waals surface area contributed by atoms with E-state index >= 15 is 0 Å². The highest BCUT2D eigenvalue weighted by Crippen LogP contribution is 2.25. The average Bonchev–Trinajstić information content (AvgIpc) is 2.90. The van der Waals surface area contributed by atoms with E-state index in [0.29, 0.717) is 18.0 Å². The maximum Gasteiger partial charge on any atom is 0.204 e. The van der Waals surface area contributed by atoms with Gasteiger partial charge in [0.05, 0.1) is 30.3 Å². The Bertz CT molecular complexity index is 851. The topological polar surface area (TPSA) is 70.3 Å². The zero-order chi connectivity index (χ0) is 17.1. The van der Waals surface area contributed by atoms with Gasteiger partial charge in [0.25, 0.3) is 0 Å². The van der Waals surface area contributed by atoms with Gasteiger partial charge in [0.1, 0.15) is 11.6 Å². The van der Waals surface area contributed by atoms with Crippen LogP contribution in [0.1, 0.15) is 11.7 Å². The highest BCUT2D eigenvalue weighted by atomic mass is 19.1. The van der Waals surface area contributed by atoms with E-state index < -0.39 is 17.7 Å². The van der Waals surface area contributed by atoms with Gasteiger partial charge < -0.3 is 20.1 Å². The monoisotopic (exact) mass is 333 g/mol. The number of aliphatic hydroxyl groups excluding tert-OH is 2. The van der Waals surface area contributed by atoms with Crippen molar-refractivity contribution < 1.29 is 19.0 Å². The molecule has 2 aromatic carbocycles. The average molecular weight is 333 g/mol. The maximum atomic E-state index is 13.9. The number of fused-ring (bicyclic) bond motifs is 1. The quantitative estimate of drug-likeness (QED) is 0.648. The molecule has 0 fully saturated rings. The highest BCUT2D eigenvalue weighted by Gasteiger charge is 2.18. The number of hydrogen-bond donors (Lipinski definition) is 3. The Hall–Kier alpha value is -2.51. The van der Waals surface area contributed by atoms with Crippen LogP contribution in [0.4, 0.5) is 14.7 Å². The van der Waals surface area contributed by atoms with Crippen LogP contribution >= 0.6 is 0 Å². The van der Waals surface area contributed by atoms with Crippen LogP contribution in [0.2, 0.25) is 0 Å². The Labute approximate surface area is 137 Å². The van der Waals surface area contributed by atoms with Gasteiger partial charge in [-0.25, -0.2) is 13.8 Å². The van der Waals surface area contributed by atoms with Crippen LogP contribution < -0.4 is 5.32 Å². The molecule has 1 heterocycles. The van der Waals surface area contributed by atoms with E-state index in [0.717, 1.165) is 17.6 Å². The molecule has 0 bridgehead atoms. The Balaban J connectivity index is 1.95. The third kappa shape index (κ3) is 3.22. The van der Waals surface area contributed by atoms with Gasteiger partial charge in [-0.3, -0.25) is 0 Å². The van der Waals surface area contributed by atoms with Gasteiger partial charge in [-0.05, 0) is 18.2 Å². The molecule has 0 aliphatic carbocycles. The van der Waals surface area contributed by atoms with Gasteiger partial charge in [-0.2, -0.15) is 0 Å². The second-order valence-corrected chi connectivity index (χ2v) is 5.37. The van der Waals surface area contributed by atoms with Gasteiger partial charge in [0.15, 0.2) is 0 Å². The van der Waals surface area contributed by atoms with Crippen molar-refractivity contribution in [1.82, 2.24) is 9.55 Å². The van der Waals surface area contributed by atoms with Crippen molar-refractivity contribution in [3.05, 3.63) is 59.7 Å². The number of rotatable bonds is 6. The minimum atomic E-state index is -1.17.